The van der Waals surface area contributed by atoms with E-state index in [1.54, 1.807) is 11.3 Å². The molecule has 0 saturated carbocycles. The summed E-state index contributed by atoms with van der Waals surface area (Å²) in [5, 5.41) is 6.98. The van der Waals surface area contributed by atoms with E-state index in [1.807, 2.05) is 11.8 Å². The Balaban J connectivity index is 2.76. The predicted octanol–water partition coefficient (Wildman–Crippen LogP) is 3.84. The number of thiazole rings is 1. The molecule has 1 aromatic rings. The van der Waals surface area contributed by atoms with E-state index in [1.165, 1.54) is 16.5 Å². The van der Waals surface area contributed by atoms with Crippen LogP contribution in [0.25, 0.3) is 0 Å². The van der Waals surface area contributed by atoms with Gasteiger partial charge in [0.25, 0.3) is 0 Å². The van der Waals surface area contributed by atoms with Gasteiger partial charge in [0.2, 0.25) is 0 Å². The Morgan fingerprint density at radius 3 is 2.65 bits per heavy atom. The lowest BCUT2D eigenvalue weighted by Gasteiger charge is -2.16. The SMILES string of the molecule is CCNC(CCSC)c1nc(C(C)(C)C)cs1. The van der Waals surface area contributed by atoms with E-state index < -0.39 is 0 Å². The monoisotopic (exact) mass is 272 g/mol. The number of thioether (sulfide) groups is 1. The zero-order chi connectivity index (χ0) is 12.9. The molecule has 4 heteroatoms. The number of aromatic nitrogens is 1. The van der Waals surface area contributed by atoms with Crippen LogP contribution < -0.4 is 5.32 Å². The van der Waals surface area contributed by atoms with Crippen LogP contribution in [0.4, 0.5) is 0 Å². The number of hydrogen-bond acceptors (Lipinski definition) is 4. The standard InChI is InChI=1S/C13H24N2S2/c1-6-14-10(7-8-16-5)12-15-11(9-17-12)13(2,3)4/h9-10,14H,6-8H2,1-5H3. The van der Waals surface area contributed by atoms with Crippen LogP contribution in [0, 0.1) is 0 Å². The normalized spacial score (nSPS) is 13.9. The maximum absolute atomic E-state index is 4.80. The molecule has 1 aromatic heterocycles. The lowest BCUT2D eigenvalue weighted by molar-refractivity contribution is 0.525. The van der Waals surface area contributed by atoms with Gasteiger partial charge in [-0.2, -0.15) is 11.8 Å². The van der Waals surface area contributed by atoms with Crippen LogP contribution in [0.2, 0.25) is 0 Å². The minimum atomic E-state index is 0.158. The van der Waals surface area contributed by atoms with Crippen molar-refractivity contribution < 1.29 is 0 Å². The summed E-state index contributed by atoms with van der Waals surface area (Å²) < 4.78 is 0. The molecule has 0 amide bonds. The molecule has 0 radical (unpaired) electrons. The lowest BCUT2D eigenvalue weighted by atomic mass is 9.93. The first-order chi connectivity index (χ1) is 7.99. The van der Waals surface area contributed by atoms with Crippen LogP contribution in [0.5, 0.6) is 0 Å². The van der Waals surface area contributed by atoms with Crippen molar-refractivity contribution in [1.29, 1.82) is 0 Å². The average Bonchev–Trinajstić information content (AvgIpc) is 2.72. The second-order valence-corrected chi connectivity index (χ2v) is 7.09. The third-order valence-corrected chi connectivity index (χ3v) is 4.25. The van der Waals surface area contributed by atoms with Gasteiger partial charge in [0.1, 0.15) is 5.01 Å². The summed E-state index contributed by atoms with van der Waals surface area (Å²) in [5.41, 5.74) is 1.37. The fourth-order valence-electron chi connectivity index (χ4n) is 1.59. The first-order valence-electron chi connectivity index (χ1n) is 6.17. The van der Waals surface area contributed by atoms with Crippen LogP contribution in [0.15, 0.2) is 5.38 Å². The van der Waals surface area contributed by atoms with E-state index in [4.69, 9.17) is 4.98 Å². The molecule has 0 saturated heterocycles. The molecule has 0 bridgehead atoms. The molecule has 1 heterocycles. The molecular formula is C13H24N2S2. The number of nitrogens with zero attached hydrogens (tertiary/aromatic N) is 1. The fraction of sp³-hybridized carbons (Fsp3) is 0.769. The number of nitrogens with one attached hydrogen (secondary N) is 1. The van der Waals surface area contributed by atoms with E-state index in [9.17, 15) is 0 Å². The summed E-state index contributed by atoms with van der Waals surface area (Å²) in [5.74, 6) is 1.18. The van der Waals surface area contributed by atoms with Gasteiger partial charge in [-0.15, -0.1) is 11.3 Å². The highest BCUT2D eigenvalue weighted by Gasteiger charge is 2.20. The quantitative estimate of drug-likeness (QED) is 0.851. The van der Waals surface area contributed by atoms with Gasteiger partial charge >= 0.3 is 0 Å². The molecule has 0 aliphatic rings. The Hall–Kier alpha value is -0.0600. The van der Waals surface area contributed by atoms with Crippen molar-refractivity contribution in [2.45, 2.75) is 45.6 Å². The van der Waals surface area contributed by atoms with Gasteiger partial charge in [-0.05, 0) is 25.0 Å². The third-order valence-electron chi connectivity index (χ3n) is 2.65. The highest BCUT2D eigenvalue weighted by atomic mass is 32.2. The smallest absolute Gasteiger partial charge is 0.110 e. The molecule has 1 atom stereocenters. The van der Waals surface area contributed by atoms with Crippen LogP contribution in [-0.4, -0.2) is 23.5 Å². The first kappa shape index (κ1) is 15.0. The lowest BCUT2D eigenvalue weighted by Crippen LogP contribution is -2.22. The van der Waals surface area contributed by atoms with Gasteiger partial charge in [-0.25, -0.2) is 4.98 Å². The minimum absolute atomic E-state index is 0.158. The molecule has 1 rings (SSSR count). The van der Waals surface area contributed by atoms with E-state index in [0.717, 1.165) is 13.0 Å². The van der Waals surface area contributed by atoms with Gasteiger partial charge in [-0.3, -0.25) is 0 Å². The van der Waals surface area contributed by atoms with Crippen molar-refractivity contribution >= 4 is 23.1 Å². The molecule has 17 heavy (non-hydrogen) atoms. The van der Waals surface area contributed by atoms with E-state index in [2.05, 4.69) is 44.6 Å². The van der Waals surface area contributed by atoms with Crippen molar-refractivity contribution in [3.8, 4) is 0 Å². The summed E-state index contributed by atoms with van der Waals surface area (Å²) in [6.07, 6.45) is 3.32. The zero-order valence-corrected chi connectivity index (χ0v) is 13.2. The molecule has 2 nitrogen and oxygen atoms in total. The van der Waals surface area contributed by atoms with Crippen molar-refractivity contribution in [2.24, 2.45) is 0 Å². The van der Waals surface area contributed by atoms with Gasteiger partial charge in [0.05, 0.1) is 11.7 Å². The van der Waals surface area contributed by atoms with Crippen LogP contribution in [0.1, 0.15) is 50.9 Å². The summed E-state index contributed by atoms with van der Waals surface area (Å²) in [6, 6.07) is 0.425. The summed E-state index contributed by atoms with van der Waals surface area (Å²) in [7, 11) is 0. The molecule has 0 aliphatic carbocycles. The fourth-order valence-corrected chi connectivity index (χ4v) is 3.21. The largest absolute Gasteiger partial charge is 0.308 e. The van der Waals surface area contributed by atoms with Gasteiger partial charge in [-0.1, -0.05) is 27.7 Å². The van der Waals surface area contributed by atoms with Crippen LogP contribution in [-0.2, 0) is 5.41 Å². The molecule has 98 valence electrons. The van der Waals surface area contributed by atoms with E-state index in [0.29, 0.717) is 6.04 Å². The molecule has 1 N–H and O–H groups in total. The maximum atomic E-state index is 4.80. The van der Waals surface area contributed by atoms with E-state index in [-0.39, 0.29) is 5.41 Å². The number of rotatable bonds is 6. The Bertz CT molecular complexity index is 328. The summed E-state index contributed by atoms with van der Waals surface area (Å²) in [6.45, 7) is 9.82. The first-order valence-corrected chi connectivity index (χ1v) is 8.44. The van der Waals surface area contributed by atoms with Crippen LogP contribution in [0.3, 0.4) is 0 Å². The maximum Gasteiger partial charge on any atom is 0.110 e. The van der Waals surface area contributed by atoms with E-state index >= 15 is 0 Å². The van der Waals surface area contributed by atoms with Crippen molar-refractivity contribution in [1.82, 2.24) is 10.3 Å². The zero-order valence-electron chi connectivity index (χ0n) is 11.5. The predicted molar refractivity (Wildman–Crippen MR) is 80.2 cm³/mol. The summed E-state index contributed by atoms with van der Waals surface area (Å²) >= 11 is 3.69. The number of hydrogen-bond donors (Lipinski definition) is 1. The highest BCUT2D eigenvalue weighted by Crippen LogP contribution is 2.28. The molecule has 1 unspecified atom stereocenters. The van der Waals surface area contributed by atoms with Gasteiger partial charge in [0.15, 0.2) is 0 Å². The topological polar surface area (TPSA) is 24.9 Å². The molecular weight excluding hydrogens is 248 g/mol. The van der Waals surface area contributed by atoms with Gasteiger partial charge in [0, 0.05) is 10.8 Å². The molecule has 0 spiro atoms. The van der Waals surface area contributed by atoms with Gasteiger partial charge < -0.3 is 5.32 Å². The molecule has 0 fully saturated rings. The second kappa shape index (κ2) is 6.76. The summed E-state index contributed by atoms with van der Waals surface area (Å²) in [4.78, 5) is 4.80. The average molecular weight is 272 g/mol. The minimum Gasteiger partial charge on any atom is -0.308 e. The van der Waals surface area contributed by atoms with Crippen molar-refractivity contribution in [3.63, 3.8) is 0 Å². The Morgan fingerprint density at radius 1 is 1.47 bits per heavy atom. The Labute approximate surface area is 114 Å². The Kier molecular flexibility index (Phi) is 5.97. The van der Waals surface area contributed by atoms with Crippen LogP contribution >= 0.6 is 23.1 Å². The Morgan fingerprint density at radius 2 is 2.18 bits per heavy atom. The van der Waals surface area contributed by atoms with Crippen molar-refractivity contribution in [2.75, 3.05) is 18.6 Å². The molecule has 0 aliphatic heterocycles. The highest BCUT2D eigenvalue weighted by molar-refractivity contribution is 7.98. The molecule has 0 aromatic carbocycles. The van der Waals surface area contributed by atoms with Crippen molar-refractivity contribution in [3.05, 3.63) is 16.1 Å². The third kappa shape index (κ3) is 4.60. The second-order valence-electron chi connectivity index (χ2n) is 5.21.